The quantitative estimate of drug-likeness (QED) is 0.456. The summed E-state index contributed by atoms with van der Waals surface area (Å²) in [6.07, 6.45) is -2.33. The maximum Gasteiger partial charge on any atom is 0.331 e. The van der Waals surface area contributed by atoms with E-state index in [4.69, 9.17) is 10.5 Å². The molecule has 2 unspecified atom stereocenters. The molecular formula is C10H13N3O6. The Hall–Kier alpha value is -2.26. The van der Waals surface area contributed by atoms with Gasteiger partial charge in [0.15, 0.2) is 0 Å². The molecule has 0 fully saturated rings. The first-order valence-corrected chi connectivity index (χ1v) is 5.19. The van der Waals surface area contributed by atoms with Crippen molar-refractivity contribution in [3.05, 3.63) is 27.9 Å². The molecular weight excluding hydrogens is 258 g/mol. The first kappa shape index (κ1) is 14.8. The number of methoxy groups -OCH3 is 1. The number of hydrogen-bond donors (Lipinski definition) is 3. The van der Waals surface area contributed by atoms with Crippen LogP contribution in [0.2, 0.25) is 0 Å². The number of amides is 1. The summed E-state index contributed by atoms with van der Waals surface area (Å²) in [5.74, 6) is -1.02. The summed E-state index contributed by atoms with van der Waals surface area (Å²) >= 11 is 0. The second-order valence-electron chi connectivity index (χ2n) is 3.74. The van der Waals surface area contributed by atoms with E-state index in [1.54, 1.807) is 0 Å². The predicted molar refractivity (Wildman–Crippen MR) is 62.2 cm³/mol. The van der Waals surface area contributed by atoms with Crippen LogP contribution in [-0.4, -0.2) is 39.2 Å². The summed E-state index contributed by atoms with van der Waals surface area (Å²) in [5, 5.41) is 30.0. The van der Waals surface area contributed by atoms with Crippen molar-refractivity contribution in [1.29, 1.82) is 0 Å². The number of ether oxygens (including phenoxy) is 1. The lowest BCUT2D eigenvalue weighted by atomic mass is 10.0. The predicted octanol–water partition coefficient (Wildman–Crippen LogP) is -0.732. The minimum absolute atomic E-state index is 0.0127. The van der Waals surface area contributed by atoms with E-state index in [9.17, 15) is 25.1 Å². The molecule has 104 valence electrons. The molecule has 0 bridgehead atoms. The summed E-state index contributed by atoms with van der Waals surface area (Å²) in [6, 6.07) is 1.01. The highest BCUT2D eigenvalue weighted by Crippen LogP contribution is 2.28. The average Bonchev–Trinajstić information content (AvgIpc) is 2.36. The molecule has 1 aromatic rings. The molecule has 9 nitrogen and oxygen atoms in total. The highest BCUT2D eigenvalue weighted by atomic mass is 16.6. The molecule has 0 radical (unpaired) electrons. The van der Waals surface area contributed by atoms with Gasteiger partial charge in [-0.2, -0.15) is 0 Å². The van der Waals surface area contributed by atoms with Crippen molar-refractivity contribution in [2.75, 3.05) is 7.11 Å². The largest absolute Gasteiger partial charge is 0.476 e. The van der Waals surface area contributed by atoms with Gasteiger partial charge in [0, 0.05) is 17.8 Å². The number of nitrogens with two attached hydrogens (primary N) is 1. The van der Waals surface area contributed by atoms with Gasteiger partial charge in [-0.1, -0.05) is 0 Å². The Morgan fingerprint density at radius 1 is 1.63 bits per heavy atom. The fourth-order valence-corrected chi connectivity index (χ4v) is 1.45. The van der Waals surface area contributed by atoms with Gasteiger partial charge in [-0.05, 0) is 0 Å². The lowest BCUT2D eigenvalue weighted by Crippen LogP contribution is -2.25. The maximum atomic E-state index is 10.8. The molecule has 0 spiro atoms. The van der Waals surface area contributed by atoms with Gasteiger partial charge in [-0.3, -0.25) is 14.9 Å². The molecule has 0 aliphatic rings. The maximum absolute atomic E-state index is 10.8. The van der Waals surface area contributed by atoms with Crippen LogP contribution < -0.4 is 10.5 Å². The Kier molecular flexibility index (Phi) is 4.73. The van der Waals surface area contributed by atoms with Gasteiger partial charge in [0.2, 0.25) is 5.91 Å². The van der Waals surface area contributed by atoms with Crippen LogP contribution >= 0.6 is 0 Å². The standard InChI is InChI=1S/C10H13N3O6/c1-19-10-6(13(17)18)2-5(4-12-10)9(16)7(14)3-8(11)15/h2,4,7,9,14,16H,3H2,1H3,(H2,11,15). The van der Waals surface area contributed by atoms with Crippen molar-refractivity contribution in [3.8, 4) is 5.88 Å². The first-order chi connectivity index (χ1) is 8.86. The lowest BCUT2D eigenvalue weighted by molar-refractivity contribution is -0.386. The Morgan fingerprint density at radius 2 is 2.26 bits per heavy atom. The fraction of sp³-hybridized carbons (Fsp3) is 0.400. The van der Waals surface area contributed by atoms with Gasteiger partial charge in [-0.15, -0.1) is 0 Å². The van der Waals surface area contributed by atoms with Crippen LogP contribution in [-0.2, 0) is 4.79 Å². The zero-order valence-corrected chi connectivity index (χ0v) is 10.0. The van der Waals surface area contributed by atoms with Gasteiger partial charge in [0.05, 0.1) is 24.6 Å². The van der Waals surface area contributed by atoms with E-state index in [2.05, 4.69) is 4.98 Å². The average molecular weight is 271 g/mol. The zero-order chi connectivity index (χ0) is 14.6. The second kappa shape index (κ2) is 6.07. The van der Waals surface area contributed by atoms with E-state index < -0.39 is 35.1 Å². The Morgan fingerprint density at radius 3 is 2.74 bits per heavy atom. The normalized spacial score (nSPS) is 13.6. The first-order valence-electron chi connectivity index (χ1n) is 5.19. The molecule has 1 heterocycles. The fourth-order valence-electron chi connectivity index (χ4n) is 1.45. The minimum Gasteiger partial charge on any atom is -0.476 e. The molecule has 1 amide bonds. The van der Waals surface area contributed by atoms with Crippen LogP contribution in [0.15, 0.2) is 12.3 Å². The Bertz CT molecular complexity index is 492. The number of carbonyl (C=O) groups is 1. The summed E-state index contributed by atoms with van der Waals surface area (Å²) in [5.41, 5.74) is 4.41. The summed E-state index contributed by atoms with van der Waals surface area (Å²) in [6.45, 7) is 0. The lowest BCUT2D eigenvalue weighted by Gasteiger charge is -2.16. The number of aliphatic hydroxyl groups excluding tert-OH is 2. The van der Waals surface area contributed by atoms with Crippen molar-refractivity contribution >= 4 is 11.6 Å². The molecule has 1 rings (SSSR count). The number of nitro groups is 1. The number of carbonyl (C=O) groups excluding carboxylic acids is 1. The Balaban J connectivity index is 3.04. The van der Waals surface area contributed by atoms with Crippen LogP contribution in [0.3, 0.4) is 0 Å². The number of rotatable bonds is 6. The van der Waals surface area contributed by atoms with E-state index in [-0.39, 0.29) is 11.4 Å². The zero-order valence-electron chi connectivity index (χ0n) is 10.0. The number of pyridine rings is 1. The SMILES string of the molecule is COc1ncc(C(O)C(O)CC(N)=O)cc1[N+](=O)[O-]. The molecule has 0 saturated heterocycles. The number of aromatic nitrogens is 1. The minimum atomic E-state index is -1.51. The van der Waals surface area contributed by atoms with Crippen LogP contribution in [0.1, 0.15) is 18.1 Å². The molecule has 0 aromatic carbocycles. The topological polar surface area (TPSA) is 149 Å². The second-order valence-corrected chi connectivity index (χ2v) is 3.74. The molecule has 0 aliphatic carbocycles. The molecule has 0 aliphatic heterocycles. The highest BCUT2D eigenvalue weighted by molar-refractivity contribution is 5.74. The van der Waals surface area contributed by atoms with Crippen LogP contribution in [0, 0.1) is 10.1 Å². The molecule has 9 heteroatoms. The third-order valence-electron chi connectivity index (χ3n) is 2.36. The third kappa shape index (κ3) is 3.60. The van der Waals surface area contributed by atoms with E-state index in [1.165, 1.54) is 7.11 Å². The van der Waals surface area contributed by atoms with E-state index in [0.717, 1.165) is 12.3 Å². The highest BCUT2D eigenvalue weighted by Gasteiger charge is 2.25. The molecule has 1 aromatic heterocycles. The molecule has 0 saturated carbocycles. The number of hydrogen-bond acceptors (Lipinski definition) is 7. The van der Waals surface area contributed by atoms with E-state index in [0.29, 0.717) is 0 Å². The van der Waals surface area contributed by atoms with Gasteiger partial charge in [0.25, 0.3) is 5.88 Å². The van der Waals surface area contributed by atoms with E-state index >= 15 is 0 Å². The molecule has 4 N–H and O–H groups in total. The van der Waals surface area contributed by atoms with Crippen molar-refractivity contribution in [2.45, 2.75) is 18.6 Å². The van der Waals surface area contributed by atoms with Gasteiger partial charge < -0.3 is 20.7 Å². The monoisotopic (exact) mass is 271 g/mol. The van der Waals surface area contributed by atoms with Crippen LogP contribution in [0.5, 0.6) is 5.88 Å². The van der Waals surface area contributed by atoms with Gasteiger partial charge in [0.1, 0.15) is 6.10 Å². The smallest absolute Gasteiger partial charge is 0.331 e. The Labute approximate surface area is 107 Å². The van der Waals surface area contributed by atoms with Crippen molar-refractivity contribution in [1.82, 2.24) is 4.98 Å². The van der Waals surface area contributed by atoms with Crippen LogP contribution in [0.4, 0.5) is 5.69 Å². The number of aliphatic hydroxyl groups is 2. The third-order valence-corrected chi connectivity index (χ3v) is 2.36. The summed E-state index contributed by atoms with van der Waals surface area (Å²) in [7, 11) is 1.22. The summed E-state index contributed by atoms with van der Waals surface area (Å²) < 4.78 is 4.70. The molecule has 2 atom stereocenters. The molecule has 19 heavy (non-hydrogen) atoms. The number of primary amides is 1. The van der Waals surface area contributed by atoms with Crippen molar-refractivity contribution in [2.24, 2.45) is 5.73 Å². The van der Waals surface area contributed by atoms with Crippen LogP contribution in [0.25, 0.3) is 0 Å². The number of nitrogens with zero attached hydrogens (tertiary/aromatic N) is 2. The van der Waals surface area contributed by atoms with Gasteiger partial charge >= 0.3 is 5.69 Å². The van der Waals surface area contributed by atoms with Crippen molar-refractivity contribution < 1.29 is 24.7 Å². The van der Waals surface area contributed by atoms with Crippen molar-refractivity contribution in [3.63, 3.8) is 0 Å². The summed E-state index contributed by atoms with van der Waals surface area (Å²) in [4.78, 5) is 24.3. The van der Waals surface area contributed by atoms with E-state index in [1.807, 2.05) is 0 Å². The van der Waals surface area contributed by atoms with Gasteiger partial charge in [-0.25, -0.2) is 4.98 Å².